The van der Waals surface area contributed by atoms with E-state index >= 15 is 0 Å². The smallest absolute Gasteiger partial charge is 0.242 e. The van der Waals surface area contributed by atoms with Crippen molar-refractivity contribution < 1.29 is 17.6 Å². The van der Waals surface area contributed by atoms with Gasteiger partial charge in [0.15, 0.2) is 0 Å². The molecule has 0 aromatic heterocycles. The zero-order valence-electron chi connectivity index (χ0n) is 12.1. The van der Waals surface area contributed by atoms with Crippen LogP contribution in [0, 0.1) is 9.39 Å². The second-order valence-electron chi connectivity index (χ2n) is 4.79. The van der Waals surface area contributed by atoms with Gasteiger partial charge in [-0.25, -0.2) is 12.8 Å². The van der Waals surface area contributed by atoms with Crippen LogP contribution in [0.15, 0.2) is 53.4 Å². The topological polar surface area (TPSA) is 75.3 Å². The molecular formula is C15H14FIN2O3S. The van der Waals surface area contributed by atoms with Gasteiger partial charge in [-0.1, -0.05) is 0 Å². The lowest BCUT2D eigenvalue weighted by Gasteiger charge is -2.14. The van der Waals surface area contributed by atoms with Gasteiger partial charge in [-0.05, 0) is 78.0 Å². The predicted octanol–water partition coefficient (Wildman–Crippen LogP) is 2.74. The molecule has 1 amide bonds. The Labute approximate surface area is 147 Å². The highest BCUT2D eigenvalue weighted by molar-refractivity contribution is 14.1. The number of amides is 1. The van der Waals surface area contributed by atoms with Crippen molar-refractivity contribution in [1.29, 1.82) is 0 Å². The van der Waals surface area contributed by atoms with Gasteiger partial charge in [0, 0.05) is 9.26 Å². The van der Waals surface area contributed by atoms with Gasteiger partial charge in [-0.2, -0.15) is 4.72 Å². The van der Waals surface area contributed by atoms with E-state index in [-0.39, 0.29) is 4.90 Å². The first kappa shape index (κ1) is 17.8. The van der Waals surface area contributed by atoms with Gasteiger partial charge in [0.25, 0.3) is 0 Å². The fourth-order valence-corrected chi connectivity index (χ4v) is 3.31. The fraction of sp³-hybridized carbons (Fsp3) is 0.133. The van der Waals surface area contributed by atoms with Gasteiger partial charge in [-0.15, -0.1) is 0 Å². The van der Waals surface area contributed by atoms with Crippen LogP contribution < -0.4 is 10.0 Å². The van der Waals surface area contributed by atoms with Gasteiger partial charge in [0.05, 0.1) is 10.9 Å². The van der Waals surface area contributed by atoms with Crippen molar-refractivity contribution in [2.24, 2.45) is 0 Å². The Morgan fingerprint density at radius 2 is 1.65 bits per heavy atom. The SMILES string of the molecule is CC(NS(=O)(=O)c1ccc(F)cc1)C(=O)Nc1ccc(I)cc1. The highest BCUT2D eigenvalue weighted by Gasteiger charge is 2.22. The number of sulfonamides is 1. The first-order valence-electron chi connectivity index (χ1n) is 6.62. The summed E-state index contributed by atoms with van der Waals surface area (Å²) in [5.74, 6) is -1.02. The van der Waals surface area contributed by atoms with Gasteiger partial charge in [-0.3, -0.25) is 4.79 Å². The Kier molecular flexibility index (Phi) is 5.71. The molecule has 1 unspecified atom stereocenters. The van der Waals surface area contributed by atoms with Crippen LogP contribution >= 0.6 is 22.6 Å². The number of rotatable bonds is 5. The van der Waals surface area contributed by atoms with Crippen molar-refractivity contribution in [1.82, 2.24) is 4.72 Å². The molecule has 0 aliphatic carbocycles. The lowest BCUT2D eigenvalue weighted by molar-refractivity contribution is -0.117. The third kappa shape index (κ3) is 4.98. The molecule has 2 aromatic carbocycles. The molecule has 0 heterocycles. The average molecular weight is 448 g/mol. The Hall–Kier alpha value is -1.52. The summed E-state index contributed by atoms with van der Waals surface area (Å²) in [6.07, 6.45) is 0. The summed E-state index contributed by atoms with van der Waals surface area (Å²) in [5.41, 5.74) is 0.572. The Morgan fingerprint density at radius 3 is 2.22 bits per heavy atom. The van der Waals surface area contributed by atoms with Crippen LogP contribution in [0.25, 0.3) is 0 Å². The van der Waals surface area contributed by atoms with Crippen LogP contribution in [-0.4, -0.2) is 20.4 Å². The van der Waals surface area contributed by atoms with Crippen LogP contribution in [-0.2, 0) is 14.8 Å². The minimum absolute atomic E-state index is 0.104. The highest BCUT2D eigenvalue weighted by Crippen LogP contribution is 2.13. The second kappa shape index (κ2) is 7.37. The van der Waals surface area contributed by atoms with E-state index in [1.54, 1.807) is 12.1 Å². The Morgan fingerprint density at radius 1 is 1.09 bits per heavy atom. The van der Waals surface area contributed by atoms with E-state index in [2.05, 4.69) is 32.6 Å². The van der Waals surface area contributed by atoms with Crippen molar-refractivity contribution in [3.63, 3.8) is 0 Å². The molecule has 23 heavy (non-hydrogen) atoms. The summed E-state index contributed by atoms with van der Waals surface area (Å²) in [6.45, 7) is 1.43. The van der Waals surface area contributed by atoms with Gasteiger partial charge >= 0.3 is 0 Å². The molecule has 0 aliphatic rings. The van der Waals surface area contributed by atoms with Crippen molar-refractivity contribution in [2.75, 3.05) is 5.32 Å². The standard InChI is InChI=1S/C15H14FIN2O3S/c1-10(15(20)18-13-6-4-12(17)5-7-13)19-23(21,22)14-8-2-11(16)3-9-14/h2-10,19H,1H3,(H,18,20). The number of carbonyl (C=O) groups excluding carboxylic acids is 1. The normalized spacial score (nSPS) is 12.7. The number of anilines is 1. The minimum atomic E-state index is -3.90. The molecule has 1 atom stereocenters. The van der Waals surface area contributed by atoms with Crippen LogP contribution in [0.4, 0.5) is 10.1 Å². The molecule has 5 nitrogen and oxygen atoms in total. The van der Waals surface area contributed by atoms with E-state index in [1.165, 1.54) is 6.92 Å². The highest BCUT2D eigenvalue weighted by atomic mass is 127. The molecular weight excluding hydrogens is 434 g/mol. The van der Waals surface area contributed by atoms with Crippen LogP contribution in [0.5, 0.6) is 0 Å². The van der Waals surface area contributed by atoms with Gasteiger partial charge < -0.3 is 5.32 Å². The summed E-state index contributed by atoms with van der Waals surface area (Å²) in [4.78, 5) is 12.0. The Bertz CT molecular complexity index is 792. The molecule has 0 radical (unpaired) electrons. The third-order valence-corrected chi connectivity index (χ3v) is 5.24. The summed E-state index contributed by atoms with van der Waals surface area (Å²) >= 11 is 2.14. The number of carbonyl (C=O) groups is 1. The van der Waals surface area contributed by atoms with Crippen LogP contribution in [0.2, 0.25) is 0 Å². The summed E-state index contributed by atoms with van der Waals surface area (Å²) in [7, 11) is -3.90. The number of benzene rings is 2. The fourth-order valence-electron chi connectivity index (χ4n) is 1.75. The van der Waals surface area contributed by atoms with Crippen molar-refractivity contribution in [2.45, 2.75) is 17.9 Å². The average Bonchev–Trinajstić information content (AvgIpc) is 2.49. The zero-order valence-corrected chi connectivity index (χ0v) is 15.1. The molecule has 0 aliphatic heterocycles. The van der Waals surface area contributed by atoms with E-state index in [9.17, 15) is 17.6 Å². The van der Waals surface area contributed by atoms with Gasteiger partial charge in [0.1, 0.15) is 5.82 Å². The predicted molar refractivity (Wildman–Crippen MR) is 94.0 cm³/mol. The van der Waals surface area contributed by atoms with Crippen LogP contribution in [0.1, 0.15) is 6.92 Å². The molecule has 0 fully saturated rings. The quantitative estimate of drug-likeness (QED) is 0.691. The van der Waals surface area contributed by atoms with Crippen molar-refractivity contribution in [3.05, 3.63) is 57.9 Å². The van der Waals surface area contributed by atoms with E-state index in [0.717, 1.165) is 27.8 Å². The second-order valence-corrected chi connectivity index (χ2v) is 7.75. The number of halogens is 2. The summed E-state index contributed by atoms with van der Waals surface area (Å²) in [5, 5.41) is 2.62. The summed E-state index contributed by atoms with van der Waals surface area (Å²) in [6, 6.07) is 10.5. The van der Waals surface area contributed by atoms with E-state index in [0.29, 0.717) is 5.69 Å². The maximum Gasteiger partial charge on any atom is 0.242 e. The zero-order chi connectivity index (χ0) is 17.0. The number of hydrogen-bond donors (Lipinski definition) is 2. The maximum atomic E-state index is 12.9. The van der Waals surface area contributed by atoms with E-state index in [1.807, 2.05) is 12.1 Å². The van der Waals surface area contributed by atoms with E-state index < -0.39 is 27.8 Å². The van der Waals surface area contributed by atoms with Crippen molar-refractivity contribution >= 4 is 44.2 Å². The molecule has 2 rings (SSSR count). The molecule has 122 valence electrons. The first-order valence-corrected chi connectivity index (χ1v) is 9.18. The van der Waals surface area contributed by atoms with Crippen molar-refractivity contribution in [3.8, 4) is 0 Å². The lowest BCUT2D eigenvalue weighted by atomic mass is 10.3. The minimum Gasteiger partial charge on any atom is -0.325 e. The Balaban J connectivity index is 2.05. The molecule has 2 aromatic rings. The maximum absolute atomic E-state index is 12.9. The van der Waals surface area contributed by atoms with E-state index in [4.69, 9.17) is 0 Å². The number of hydrogen-bond acceptors (Lipinski definition) is 3. The molecule has 0 bridgehead atoms. The monoisotopic (exact) mass is 448 g/mol. The molecule has 0 saturated carbocycles. The van der Waals surface area contributed by atoms with Gasteiger partial charge in [0.2, 0.25) is 15.9 Å². The first-order chi connectivity index (χ1) is 10.8. The molecule has 2 N–H and O–H groups in total. The van der Waals surface area contributed by atoms with Crippen LogP contribution in [0.3, 0.4) is 0 Å². The molecule has 0 saturated heterocycles. The molecule has 8 heteroatoms. The summed E-state index contributed by atoms with van der Waals surface area (Å²) < 4.78 is 40.4. The lowest BCUT2D eigenvalue weighted by Crippen LogP contribution is -2.41. The largest absolute Gasteiger partial charge is 0.325 e. The molecule has 0 spiro atoms. The third-order valence-electron chi connectivity index (χ3n) is 2.96. The number of nitrogens with one attached hydrogen (secondary N) is 2.